The summed E-state index contributed by atoms with van der Waals surface area (Å²) < 4.78 is 37.2. The van der Waals surface area contributed by atoms with Crippen LogP contribution in [0.3, 0.4) is 0 Å². The van der Waals surface area contributed by atoms with Gasteiger partial charge < -0.3 is 19.5 Å². The molecular formula is C27H27Cl2F2N3O3. The summed E-state index contributed by atoms with van der Waals surface area (Å²) in [7, 11) is 0. The van der Waals surface area contributed by atoms with Gasteiger partial charge in [0.1, 0.15) is 22.8 Å². The van der Waals surface area contributed by atoms with Crippen molar-refractivity contribution in [2.75, 3.05) is 18.4 Å². The number of carbonyl (C=O) groups excluding carboxylic acids is 1. The topological polar surface area (TPSA) is 63.6 Å². The Labute approximate surface area is 223 Å². The molecule has 1 aromatic heterocycles. The first-order chi connectivity index (χ1) is 17.3. The Bertz CT molecular complexity index is 1460. The monoisotopic (exact) mass is 549 g/mol. The van der Waals surface area contributed by atoms with E-state index in [1.807, 2.05) is 0 Å². The lowest BCUT2D eigenvalue weighted by molar-refractivity contribution is -0.00536. The van der Waals surface area contributed by atoms with Crippen LogP contribution >= 0.6 is 23.2 Å². The number of ether oxygens (including phenoxy) is 1. The van der Waals surface area contributed by atoms with Gasteiger partial charge in [-0.25, -0.2) is 13.6 Å². The average Bonchev–Trinajstić information content (AvgIpc) is 3.62. The third kappa shape index (κ3) is 4.66. The van der Waals surface area contributed by atoms with Crippen molar-refractivity contribution in [2.45, 2.75) is 57.7 Å². The second-order valence-electron chi connectivity index (χ2n) is 10.9. The number of nitrogens with zero attached hydrogens (tertiary/aromatic N) is 2. The van der Waals surface area contributed by atoms with Gasteiger partial charge in [-0.05, 0) is 70.4 Å². The molecule has 1 N–H and O–H groups in total. The third-order valence-corrected chi connectivity index (χ3v) is 7.50. The van der Waals surface area contributed by atoms with Gasteiger partial charge in [-0.15, -0.1) is 0 Å². The Balaban J connectivity index is 1.58. The molecule has 196 valence electrons. The first kappa shape index (κ1) is 25.8. The van der Waals surface area contributed by atoms with Crippen LogP contribution in [0.4, 0.5) is 19.3 Å². The van der Waals surface area contributed by atoms with Crippen molar-refractivity contribution in [3.8, 4) is 0 Å². The first-order valence-corrected chi connectivity index (χ1v) is 12.8. The summed E-state index contributed by atoms with van der Waals surface area (Å²) >= 11 is 12.8. The smallest absolute Gasteiger partial charge is 0.410 e. The quantitative estimate of drug-likeness (QED) is 0.364. The van der Waals surface area contributed by atoms with E-state index in [2.05, 4.69) is 5.32 Å². The number of anilines is 1. The van der Waals surface area contributed by atoms with Crippen LogP contribution in [0.2, 0.25) is 10.0 Å². The van der Waals surface area contributed by atoms with E-state index in [4.69, 9.17) is 27.9 Å². The van der Waals surface area contributed by atoms with E-state index in [0.29, 0.717) is 11.3 Å². The molecule has 1 aliphatic heterocycles. The number of hydrogen-bond donors (Lipinski definition) is 1. The zero-order valence-electron chi connectivity index (χ0n) is 20.9. The highest BCUT2D eigenvalue weighted by molar-refractivity contribution is 6.42. The molecule has 3 aromatic rings. The fourth-order valence-corrected chi connectivity index (χ4v) is 5.38. The predicted octanol–water partition coefficient (Wildman–Crippen LogP) is 6.79. The fourth-order valence-electron chi connectivity index (χ4n) is 4.81. The van der Waals surface area contributed by atoms with Crippen molar-refractivity contribution in [2.24, 2.45) is 0 Å². The van der Waals surface area contributed by atoms with E-state index in [1.165, 1.54) is 27.8 Å². The van der Waals surface area contributed by atoms with Crippen LogP contribution in [-0.2, 0) is 10.3 Å². The number of nitrogens with one attached hydrogen (secondary N) is 1. The minimum absolute atomic E-state index is 0.00529. The van der Waals surface area contributed by atoms with Crippen LogP contribution < -0.4 is 10.9 Å². The normalized spacial score (nSPS) is 17.0. The minimum atomic E-state index is -1.16. The lowest BCUT2D eigenvalue weighted by Crippen LogP contribution is -2.66. The number of benzene rings is 2. The van der Waals surface area contributed by atoms with Crippen molar-refractivity contribution in [3.05, 3.63) is 73.6 Å². The number of likely N-dealkylation sites (tertiary alicyclic amines) is 1. The molecule has 0 spiro atoms. The van der Waals surface area contributed by atoms with Gasteiger partial charge in [0.05, 0.1) is 28.5 Å². The van der Waals surface area contributed by atoms with E-state index in [9.17, 15) is 14.0 Å². The largest absolute Gasteiger partial charge is 0.444 e. The third-order valence-electron chi connectivity index (χ3n) is 6.71. The van der Waals surface area contributed by atoms with Crippen molar-refractivity contribution >= 4 is 45.8 Å². The van der Waals surface area contributed by atoms with Gasteiger partial charge in [0.2, 0.25) is 0 Å². The lowest BCUT2D eigenvalue weighted by atomic mass is 9.81. The summed E-state index contributed by atoms with van der Waals surface area (Å²) in [6.45, 7) is 6.93. The molecule has 1 amide bonds. The van der Waals surface area contributed by atoms with Crippen LogP contribution in [-0.4, -0.2) is 34.3 Å². The standard InChI is InChI=1S/C27H27Cl2F2N3O3/c1-14-9-19(28)22(29)21(23(14)31)27(12-33(13-27)25(36)37-26(2,3)4)32-15-5-8-17-18(10-15)24(35)34(11-20(17)30)16-6-7-16/h5,8-11,16,32H,6-7,12-13H2,1-4H3. The maximum absolute atomic E-state index is 15.6. The highest BCUT2D eigenvalue weighted by atomic mass is 35.5. The summed E-state index contributed by atoms with van der Waals surface area (Å²) in [6, 6.07) is 6.14. The van der Waals surface area contributed by atoms with E-state index in [0.717, 1.165) is 12.8 Å². The molecule has 2 aliphatic rings. The van der Waals surface area contributed by atoms with Gasteiger partial charge >= 0.3 is 6.09 Å². The van der Waals surface area contributed by atoms with Gasteiger partial charge in [0.25, 0.3) is 5.56 Å². The summed E-state index contributed by atoms with van der Waals surface area (Å²) in [4.78, 5) is 27.3. The van der Waals surface area contributed by atoms with Crippen LogP contribution in [0.1, 0.15) is 50.8 Å². The fraction of sp³-hybridized carbons (Fsp3) is 0.407. The Kier molecular flexibility index (Phi) is 6.19. The number of fused-ring (bicyclic) bond motifs is 1. The molecule has 6 nitrogen and oxygen atoms in total. The Morgan fingerprint density at radius 3 is 2.43 bits per heavy atom. The molecule has 0 radical (unpaired) electrons. The summed E-state index contributed by atoms with van der Waals surface area (Å²) in [5.74, 6) is -1.03. The number of rotatable bonds is 4. The van der Waals surface area contributed by atoms with Crippen molar-refractivity contribution in [1.82, 2.24) is 9.47 Å². The molecule has 1 aliphatic carbocycles. The van der Waals surface area contributed by atoms with E-state index >= 15 is 4.39 Å². The number of amides is 1. The highest BCUT2D eigenvalue weighted by Crippen LogP contribution is 2.44. The van der Waals surface area contributed by atoms with Crippen LogP contribution in [0.5, 0.6) is 0 Å². The number of pyridine rings is 1. The number of carbonyl (C=O) groups is 1. The molecule has 2 heterocycles. The van der Waals surface area contributed by atoms with Gasteiger partial charge in [-0.3, -0.25) is 4.79 Å². The molecule has 5 rings (SSSR count). The van der Waals surface area contributed by atoms with E-state index in [1.54, 1.807) is 39.8 Å². The van der Waals surface area contributed by atoms with E-state index in [-0.39, 0.29) is 51.1 Å². The molecular weight excluding hydrogens is 523 g/mol. The number of halogens is 4. The second-order valence-corrected chi connectivity index (χ2v) is 11.7. The van der Waals surface area contributed by atoms with Crippen molar-refractivity contribution in [1.29, 1.82) is 0 Å². The van der Waals surface area contributed by atoms with E-state index < -0.39 is 28.9 Å². The lowest BCUT2D eigenvalue weighted by Gasteiger charge is -2.51. The SMILES string of the molecule is Cc1cc(Cl)c(Cl)c(C2(Nc3ccc4c(F)cn(C5CC5)c(=O)c4c3)CN(C(=O)OC(C)(C)C)C2)c1F. The molecule has 2 fully saturated rings. The minimum Gasteiger partial charge on any atom is -0.444 e. The summed E-state index contributed by atoms with van der Waals surface area (Å²) in [6.07, 6.45) is 2.37. The van der Waals surface area contributed by atoms with Crippen LogP contribution in [0.15, 0.2) is 35.3 Å². The molecule has 0 atom stereocenters. The Morgan fingerprint density at radius 1 is 1.14 bits per heavy atom. The zero-order valence-corrected chi connectivity index (χ0v) is 22.4. The van der Waals surface area contributed by atoms with Gasteiger partial charge in [-0.1, -0.05) is 23.2 Å². The maximum Gasteiger partial charge on any atom is 0.410 e. The molecule has 1 saturated heterocycles. The second kappa shape index (κ2) is 8.88. The summed E-state index contributed by atoms with van der Waals surface area (Å²) in [5.41, 5.74) is -1.28. The predicted molar refractivity (Wildman–Crippen MR) is 141 cm³/mol. The molecule has 37 heavy (non-hydrogen) atoms. The molecule has 0 unspecified atom stereocenters. The van der Waals surface area contributed by atoms with Crippen molar-refractivity contribution in [3.63, 3.8) is 0 Å². The number of aromatic nitrogens is 1. The van der Waals surface area contributed by atoms with Gasteiger partial charge in [0.15, 0.2) is 0 Å². The van der Waals surface area contributed by atoms with Crippen molar-refractivity contribution < 1.29 is 18.3 Å². The average molecular weight is 550 g/mol. The highest BCUT2D eigenvalue weighted by Gasteiger charge is 2.51. The zero-order chi connectivity index (χ0) is 26.9. The summed E-state index contributed by atoms with van der Waals surface area (Å²) in [5, 5.41) is 3.92. The molecule has 2 aromatic carbocycles. The first-order valence-electron chi connectivity index (χ1n) is 12.0. The van der Waals surface area contributed by atoms with Gasteiger partial charge in [0, 0.05) is 28.9 Å². The van der Waals surface area contributed by atoms with Gasteiger partial charge in [-0.2, -0.15) is 0 Å². The van der Waals surface area contributed by atoms with Crippen LogP contribution in [0.25, 0.3) is 10.8 Å². The van der Waals surface area contributed by atoms with Crippen LogP contribution in [0, 0.1) is 18.6 Å². The molecule has 0 bridgehead atoms. The molecule has 1 saturated carbocycles. The Morgan fingerprint density at radius 2 is 1.81 bits per heavy atom. The number of hydrogen-bond acceptors (Lipinski definition) is 4. The Hall–Kier alpha value is -2.84. The maximum atomic E-state index is 15.6. The molecule has 10 heteroatoms. The number of aryl methyl sites for hydroxylation is 1.